The number of carbonyl (C=O) groups excluding carboxylic acids is 1. The summed E-state index contributed by atoms with van der Waals surface area (Å²) in [6.45, 7) is 4.47. The van der Waals surface area contributed by atoms with Gasteiger partial charge in [0.1, 0.15) is 5.75 Å². The second kappa shape index (κ2) is 6.47. The molecule has 6 heteroatoms. The average Bonchev–Trinajstić information content (AvgIpc) is 2.47. The number of amides is 1. The zero-order valence-electron chi connectivity index (χ0n) is 12.2. The van der Waals surface area contributed by atoms with Gasteiger partial charge in [0.25, 0.3) is 0 Å². The van der Waals surface area contributed by atoms with E-state index < -0.39 is 18.2 Å². The Morgan fingerprint density at radius 2 is 2.19 bits per heavy atom. The first-order valence-electron chi connectivity index (χ1n) is 6.94. The van der Waals surface area contributed by atoms with Crippen LogP contribution >= 0.6 is 0 Å². The molecule has 0 fully saturated rings. The Bertz CT molecular complexity index is 543. The summed E-state index contributed by atoms with van der Waals surface area (Å²) in [4.78, 5) is 24.0. The summed E-state index contributed by atoms with van der Waals surface area (Å²) >= 11 is 0. The lowest BCUT2D eigenvalue weighted by atomic mass is 9.99. The first-order valence-corrected chi connectivity index (χ1v) is 6.94. The summed E-state index contributed by atoms with van der Waals surface area (Å²) in [5, 5.41) is 9.04. The molecule has 0 bridgehead atoms. The number of benzene rings is 1. The van der Waals surface area contributed by atoms with Gasteiger partial charge in [-0.15, -0.1) is 0 Å². The molecule has 2 rings (SSSR count). The van der Waals surface area contributed by atoms with E-state index in [1.807, 2.05) is 6.07 Å². The van der Waals surface area contributed by atoms with Gasteiger partial charge in [-0.2, -0.15) is 0 Å². The molecule has 114 valence electrons. The van der Waals surface area contributed by atoms with E-state index in [1.54, 1.807) is 26.0 Å². The van der Waals surface area contributed by atoms with Gasteiger partial charge in [0, 0.05) is 18.7 Å². The summed E-state index contributed by atoms with van der Waals surface area (Å²) in [7, 11) is 0. The van der Waals surface area contributed by atoms with Gasteiger partial charge in [0.2, 0.25) is 0 Å². The van der Waals surface area contributed by atoms with E-state index in [4.69, 9.17) is 14.6 Å². The van der Waals surface area contributed by atoms with Crippen molar-refractivity contribution >= 4 is 12.1 Å². The monoisotopic (exact) mass is 293 g/mol. The maximum absolute atomic E-state index is 11.6. The van der Waals surface area contributed by atoms with Crippen molar-refractivity contribution in [3.63, 3.8) is 0 Å². The van der Waals surface area contributed by atoms with Crippen molar-refractivity contribution < 1.29 is 24.2 Å². The Morgan fingerprint density at radius 3 is 2.86 bits per heavy atom. The fraction of sp³-hybridized carbons (Fsp3) is 0.467. The molecule has 0 saturated carbocycles. The van der Waals surface area contributed by atoms with Crippen LogP contribution in [0.3, 0.4) is 0 Å². The molecule has 1 aliphatic rings. The molecule has 6 nitrogen and oxygen atoms in total. The number of carbonyl (C=O) groups is 2. The zero-order valence-corrected chi connectivity index (χ0v) is 12.2. The van der Waals surface area contributed by atoms with Crippen LogP contribution in [0.2, 0.25) is 0 Å². The number of rotatable bonds is 4. The Hall–Kier alpha value is -2.24. The number of ether oxygens (including phenoxy) is 2. The van der Waals surface area contributed by atoms with Crippen LogP contribution in [-0.2, 0) is 22.5 Å². The van der Waals surface area contributed by atoms with Crippen molar-refractivity contribution in [3.8, 4) is 5.75 Å². The SMILES string of the molecule is CCOC(=O)C(C)Oc1cccc2c1CCN(C(=O)O)C2. The molecule has 1 heterocycles. The predicted molar refractivity (Wildman–Crippen MR) is 75.3 cm³/mol. The Balaban J connectivity index is 2.14. The molecular weight excluding hydrogens is 274 g/mol. The minimum Gasteiger partial charge on any atom is -0.479 e. The minimum absolute atomic E-state index is 0.313. The summed E-state index contributed by atoms with van der Waals surface area (Å²) in [5.41, 5.74) is 1.88. The molecule has 21 heavy (non-hydrogen) atoms. The average molecular weight is 293 g/mol. The van der Waals surface area contributed by atoms with Gasteiger partial charge in [0.05, 0.1) is 6.61 Å². The highest BCUT2D eigenvalue weighted by molar-refractivity contribution is 5.74. The first-order chi connectivity index (χ1) is 10.0. The van der Waals surface area contributed by atoms with E-state index in [9.17, 15) is 9.59 Å². The molecule has 0 radical (unpaired) electrons. The van der Waals surface area contributed by atoms with Crippen molar-refractivity contribution in [1.29, 1.82) is 0 Å². The molecule has 1 unspecified atom stereocenters. The number of hydrogen-bond acceptors (Lipinski definition) is 4. The lowest BCUT2D eigenvalue weighted by molar-refractivity contribution is -0.150. The van der Waals surface area contributed by atoms with Crippen LogP contribution in [-0.4, -0.2) is 41.3 Å². The minimum atomic E-state index is -0.924. The second-order valence-electron chi connectivity index (χ2n) is 4.86. The number of esters is 1. The van der Waals surface area contributed by atoms with Gasteiger partial charge < -0.3 is 19.5 Å². The highest BCUT2D eigenvalue weighted by atomic mass is 16.6. The molecule has 0 spiro atoms. The quantitative estimate of drug-likeness (QED) is 0.860. The largest absolute Gasteiger partial charge is 0.479 e. The zero-order chi connectivity index (χ0) is 15.4. The van der Waals surface area contributed by atoms with Crippen LogP contribution in [0.15, 0.2) is 18.2 Å². The van der Waals surface area contributed by atoms with Crippen molar-refractivity contribution in [2.45, 2.75) is 32.9 Å². The number of carboxylic acid groups (broad SMARTS) is 1. The molecule has 0 aromatic heterocycles. The molecule has 0 aliphatic carbocycles. The molecule has 1 amide bonds. The number of hydrogen-bond donors (Lipinski definition) is 1. The summed E-state index contributed by atoms with van der Waals surface area (Å²) in [6.07, 6.45) is -1.03. The number of fused-ring (bicyclic) bond motifs is 1. The van der Waals surface area contributed by atoms with Crippen LogP contribution in [0.25, 0.3) is 0 Å². The third-order valence-electron chi connectivity index (χ3n) is 3.42. The molecule has 1 aliphatic heterocycles. The van der Waals surface area contributed by atoms with Crippen LogP contribution in [0.1, 0.15) is 25.0 Å². The first kappa shape index (κ1) is 15.2. The van der Waals surface area contributed by atoms with Crippen LogP contribution in [0.5, 0.6) is 5.75 Å². The molecule has 1 atom stereocenters. The smallest absolute Gasteiger partial charge is 0.407 e. The normalized spacial score (nSPS) is 15.0. The van der Waals surface area contributed by atoms with Gasteiger partial charge in [0.15, 0.2) is 6.10 Å². The van der Waals surface area contributed by atoms with Crippen LogP contribution in [0.4, 0.5) is 4.79 Å². The van der Waals surface area contributed by atoms with E-state index in [-0.39, 0.29) is 0 Å². The topological polar surface area (TPSA) is 76.1 Å². The maximum Gasteiger partial charge on any atom is 0.407 e. The lowest BCUT2D eigenvalue weighted by Gasteiger charge is -2.28. The van der Waals surface area contributed by atoms with Gasteiger partial charge in [-0.3, -0.25) is 0 Å². The third-order valence-corrected chi connectivity index (χ3v) is 3.42. The van der Waals surface area contributed by atoms with E-state index in [1.165, 1.54) is 4.90 Å². The Kier molecular flexibility index (Phi) is 4.67. The predicted octanol–water partition coefficient (Wildman–Crippen LogP) is 2.05. The third kappa shape index (κ3) is 3.45. The Morgan fingerprint density at radius 1 is 1.43 bits per heavy atom. The molecule has 1 aromatic carbocycles. The van der Waals surface area contributed by atoms with E-state index in [0.29, 0.717) is 31.9 Å². The van der Waals surface area contributed by atoms with Crippen molar-refractivity contribution in [2.24, 2.45) is 0 Å². The van der Waals surface area contributed by atoms with Gasteiger partial charge in [-0.25, -0.2) is 9.59 Å². The van der Waals surface area contributed by atoms with Crippen molar-refractivity contribution in [2.75, 3.05) is 13.2 Å². The Labute approximate surface area is 123 Å². The van der Waals surface area contributed by atoms with E-state index in [0.717, 1.165) is 11.1 Å². The van der Waals surface area contributed by atoms with Gasteiger partial charge in [-0.05, 0) is 31.9 Å². The number of nitrogens with zero attached hydrogens (tertiary/aromatic N) is 1. The highest BCUT2D eigenvalue weighted by Gasteiger charge is 2.24. The summed E-state index contributed by atoms with van der Waals surface area (Å²) in [6, 6.07) is 5.48. The highest BCUT2D eigenvalue weighted by Crippen LogP contribution is 2.28. The van der Waals surface area contributed by atoms with E-state index in [2.05, 4.69) is 0 Å². The fourth-order valence-corrected chi connectivity index (χ4v) is 2.35. The summed E-state index contributed by atoms with van der Waals surface area (Å²) < 4.78 is 10.6. The van der Waals surface area contributed by atoms with E-state index >= 15 is 0 Å². The van der Waals surface area contributed by atoms with Crippen LogP contribution < -0.4 is 4.74 Å². The van der Waals surface area contributed by atoms with Crippen molar-refractivity contribution in [3.05, 3.63) is 29.3 Å². The molecule has 1 N–H and O–H groups in total. The molecule has 1 aromatic rings. The maximum atomic E-state index is 11.6. The summed E-state index contributed by atoms with van der Waals surface area (Å²) in [5.74, 6) is 0.219. The van der Waals surface area contributed by atoms with Crippen LogP contribution in [0, 0.1) is 0 Å². The fourth-order valence-electron chi connectivity index (χ4n) is 2.35. The van der Waals surface area contributed by atoms with Gasteiger partial charge >= 0.3 is 12.1 Å². The lowest BCUT2D eigenvalue weighted by Crippen LogP contribution is -2.35. The second-order valence-corrected chi connectivity index (χ2v) is 4.86. The molecule has 0 saturated heterocycles. The van der Waals surface area contributed by atoms with Crippen molar-refractivity contribution in [1.82, 2.24) is 4.90 Å². The standard InChI is InChI=1S/C15H19NO5/c1-3-20-14(17)10(2)21-13-6-4-5-11-9-16(15(18)19)8-7-12(11)13/h4-6,10H,3,7-9H2,1-2H3,(H,18,19). The molecular formula is C15H19NO5. The van der Waals surface area contributed by atoms with Gasteiger partial charge in [-0.1, -0.05) is 12.1 Å².